The number of carboxylic acids is 1. The Labute approximate surface area is 88.3 Å². The highest BCUT2D eigenvalue weighted by Crippen LogP contribution is 2.10. The third kappa shape index (κ3) is 3.95. The quantitative estimate of drug-likeness (QED) is 0.745. The number of carbonyl (C=O) groups is 1. The SMILES string of the molecule is COCCN(CC(=O)O)c1ccncc1. The summed E-state index contributed by atoms with van der Waals surface area (Å²) in [4.78, 5) is 16.3. The average Bonchev–Trinajstić information content (AvgIpc) is 2.25. The maximum atomic E-state index is 10.6. The van der Waals surface area contributed by atoms with Crippen LogP contribution in [-0.2, 0) is 9.53 Å². The second-order valence-electron chi connectivity index (χ2n) is 3.01. The average molecular weight is 210 g/mol. The van der Waals surface area contributed by atoms with Crippen molar-refractivity contribution in [2.45, 2.75) is 0 Å². The van der Waals surface area contributed by atoms with Crippen molar-refractivity contribution in [2.75, 3.05) is 31.7 Å². The van der Waals surface area contributed by atoms with Gasteiger partial charge in [0.2, 0.25) is 0 Å². The number of aliphatic carboxylic acids is 1. The summed E-state index contributed by atoms with van der Waals surface area (Å²) in [5.41, 5.74) is 0.837. The smallest absolute Gasteiger partial charge is 0.323 e. The molecule has 0 unspecified atom stereocenters. The van der Waals surface area contributed by atoms with Gasteiger partial charge in [0.1, 0.15) is 6.54 Å². The van der Waals surface area contributed by atoms with Gasteiger partial charge in [-0.05, 0) is 12.1 Å². The predicted octanol–water partition coefficient (Wildman–Crippen LogP) is 0.619. The van der Waals surface area contributed by atoms with Crippen LogP contribution in [0.4, 0.5) is 5.69 Å². The molecule has 1 heterocycles. The number of nitrogens with zero attached hydrogens (tertiary/aromatic N) is 2. The standard InChI is InChI=1S/C10H14N2O3/c1-15-7-6-12(8-10(13)14)9-2-4-11-5-3-9/h2-5H,6-8H2,1H3,(H,13,14). The molecule has 0 radical (unpaired) electrons. The molecule has 1 aromatic heterocycles. The van der Waals surface area contributed by atoms with Crippen molar-refractivity contribution in [3.63, 3.8) is 0 Å². The first kappa shape index (κ1) is 11.5. The van der Waals surface area contributed by atoms with Crippen molar-refractivity contribution in [1.29, 1.82) is 0 Å². The van der Waals surface area contributed by atoms with E-state index in [1.54, 1.807) is 36.5 Å². The van der Waals surface area contributed by atoms with Crippen LogP contribution in [0.15, 0.2) is 24.5 Å². The molecule has 0 aliphatic heterocycles. The van der Waals surface area contributed by atoms with Gasteiger partial charge in [0.25, 0.3) is 0 Å². The Kier molecular flexibility index (Phi) is 4.56. The molecule has 0 aromatic carbocycles. The number of hydrogen-bond acceptors (Lipinski definition) is 4. The summed E-state index contributed by atoms with van der Waals surface area (Å²) in [7, 11) is 1.59. The summed E-state index contributed by atoms with van der Waals surface area (Å²) in [6.07, 6.45) is 3.27. The van der Waals surface area contributed by atoms with Crippen LogP contribution in [0.5, 0.6) is 0 Å². The first-order chi connectivity index (χ1) is 7.24. The zero-order chi connectivity index (χ0) is 11.1. The normalized spacial score (nSPS) is 9.93. The van der Waals surface area contributed by atoms with Crippen molar-refractivity contribution < 1.29 is 14.6 Å². The van der Waals surface area contributed by atoms with E-state index >= 15 is 0 Å². The first-order valence-electron chi connectivity index (χ1n) is 4.59. The minimum Gasteiger partial charge on any atom is -0.480 e. The summed E-state index contributed by atoms with van der Waals surface area (Å²) < 4.78 is 4.93. The van der Waals surface area contributed by atoms with Crippen LogP contribution >= 0.6 is 0 Å². The van der Waals surface area contributed by atoms with Gasteiger partial charge in [-0.2, -0.15) is 0 Å². The molecule has 0 amide bonds. The van der Waals surface area contributed by atoms with Crippen LogP contribution in [0.25, 0.3) is 0 Å². The molecular formula is C10H14N2O3. The number of hydrogen-bond donors (Lipinski definition) is 1. The summed E-state index contributed by atoms with van der Waals surface area (Å²) >= 11 is 0. The van der Waals surface area contributed by atoms with E-state index in [0.717, 1.165) is 5.69 Å². The topological polar surface area (TPSA) is 62.7 Å². The zero-order valence-electron chi connectivity index (χ0n) is 8.59. The van der Waals surface area contributed by atoms with Crippen LogP contribution in [-0.4, -0.2) is 42.9 Å². The number of ether oxygens (including phenoxy) is 1. The largest absolute Gasteiger partial charge is 0.480 e. The molecule has 0 atom stereocenters. The maximum Gasteiger partial charge on any atom is 0.323 e. The Morgan fingerprint density at radius 3 is 2.73 bits per heavy atom. The van der Waals surface area contributed by atoms with E-state index in [9.17, 15) is 4.79 Å². The Morgan fingerprint density at radius 2 is 2.20 bits per heavy atom. The molecule has 0 bridgehead atoms. The number of aromatic nitrogens is 1. The van der Waals surface area contributed by atoms with Crippen molar-refractivity contribution in [3.05, 3.63) is 24.5 Å². The first-order valence-corrected chi connectivity index (χ1v) is 4.59. The Morgan fingerprint density at radius 1 is 1.53 bits per heavy atom. The van der Waals surface area contributed by atoms with Crippen LogP contribution < -0.4 is 4.90 Å². The van der Waals surface area contributed by atoms with Crippen LogP contribution in [0.1, 0.15) is 0 Å². The minimum atomic E-state index is -0.858. The van der Waals surface area contributed by atoms with Crippen molar-refractivity contribution >= 4 is 11.7 Å². The summed E-state index contributed by atoms with van der Waals surface area (Å²) in [6, 6.07) is 3.55. The van der Waals surface area contributed by atoms with Gasteiger partial charge in [-0.1, -0.05) is 0 Å². The van der Waals surface area contributed by atoms with Crippen molar-refractivity contribution in [3.8, 4) is 0 Å². The van der Waals surface area contributed by atoms with Gasteiger partial charge < -0.3 is 14.7 Å². The number of anilines is 1. The molecule has 0 fully saturated rings. The Bertz CT molecular complexity index is 303. The fraction of sp³-hybridized carbons (Fsp3) is 0.400. The number of rotatable bonds is 6. The van der Waals surface area contributed by atoms with Crippen LogP contribution in [0.2, 0.25) is 0 Å². The van der Waals surface area contributed by atoms with Crippen LogP contribution in [0.3, 0.4) is 0 Å². The van der Waals surface area contributed by atoms with Crippen molar-refractivity contribution in [1.82, 2.24) is 4.98 Å². The molecular weight excluding hydrogens is 196 g/mol. The van der Waals surface area contributed by atoms with E-state index in [1.807, 2.05) is 0 Å². The van der Waals surface area contributed by atoms with E-state index in [2.05, 4.69) is 4.98 Å². The number of pyridine rings is 1. The highest BCUT2D eigenvalue weighted by atomic mass is 16.5. The molecule has 5 heteroatoms. The third-order valence-electron chi connectivity index (χ3n) is 1.92. The second kappa shape index (κ2) is 5.98. The summed E-state index contributed by atoms with van der Waals surface area (Å²) in [6.45, 7) is 1.01. The van der Waals surface area contributed by atoms with Gasteiger partial charge in [-0.25, -0.2) is 0 Å². The maximum absolute atomic E-state index is 10.6. The van der Waals surface area contributed by atoms with Gasteiger partial charge >= 0.3 is 5.97 Å². The van der Waals surface area contributed by atoms with Crippen LogP contribution in [0, 0.1) is 0 Å². The van der Waals surface area contributed by atoms with Gasteiger partial charge in [-0.3, -0.25) is 9.78 Å². The molecule has 1 N–H and O–H groups in total. The molecule has 82 valence electrons. The highest BCUT2D eigenvalue weighted by Gasteiger charge is 2.09. The predicted molar refractivity (Wildman–Crippen MR) is 56.0 cm³/mol. The minimum absolute atomic E-state index is 0.0344. The lowest BCUT2D eigenvalue weighted by atomic mass is 10.3. The van der Waals surface area contributed by atoms with Crippen molar-refractivity contribution in [2.24, 2.45) is 0 Å². The van der Waals surface area contributed by atoms with E-state index in [-0.39, 0.29) is 6.54 Å². The number of carboxylic acid groups (broad SMARTS) is 1. The van der Waals surface area contributed by atoms with Gasteiger partial charge in [0.15, 0.2) is 0 Å². The monoisotopic (exact) mass is 210 g/mol. The Balaban J connectivity index is 2.67. The molecule has 0 saturated heterocycles. The second-order valence-corrected chi connectivity index (χ2v) is 3.01. The van der Waals surface area contributed by atoms with Gasteiger partial charge in [0.05, 0.1) is 6.61 Å². The lowest BCUT2D eigenvalue weighted by Gasteiger charge is -2.21. The lowest BCUT2D eigenvalue weighted by molar-refractivity contribution is -0.135. The van der Waals surface area contributed by atoms with Gasteiger partial charge in [0, 0.05) is 31.7 Å². The van der Waals surface area contributed by atoms with E-state index in [1.165, 1.54) is 0 Å². The molecule has 0 aliphatic rings. The molecule has 0 aliphatic carbocycles. The fourth-order valence-electron chi connectivity index (χ4n) is 1.22. The highest BCUT2D eigenvalue weighted by molar-refractivity contribution is 5.73. The summed E-state index contributed by atoms with van der Waals surface area (Å²) in [5.74, 6) is -0.858. The van der Waals surface area contributed by atoms with E-state index < -0.39 is 5.97 Å². The molecule has 1 rings (SSSR count). The molecule has 15 heavy (non-hydrogen) atoms. The fourth-order valence-corrected chi connectivity index (χ4v) is 1.22. The Hall–Kier alpha value is -1.62. The molecule has 1 aromatic rings. The molecule has 5 nitrogen and oxygen atoms in total. The molecule has 0 saturated carbocycles. The van der Waals surface area contributed by atoms with E-state index in [0.29, 0.717) is 13.2 Å². The zero-order valence-corrected chi connectivity index (χ0v) is 8.59. The molecule has 0 spiro atoms. The van der Waals surface area contributed by atoms with Gasteiger partial charge in [-0.15, -0.1) is 0 Å². The number of methoxy groups -OCH3 is 1. The lowest BCUT2D eigenvalue weighted by Crippen LogP contribution is -2.32. The van der Waals surface area contributed by atoms with E-state index in [4.69, 9.17) is 9.84 Å². The summed E-state index contributed by atoms with van der Waals surface area (Å²) in [5, 5.41) is 8.75. The third-order valence-corrected chi connectivity index (χ3v) is 1.92.